The number of amides is 1. The van der Waals surface area contributed by atoms with E-state index in [4.69, 9.17) is 0 Å². The van der Waals surface area contributed by atoms with Gasteiger partial charge in [0.1, 0.15) is 5.75 Å². The Balaban J connectivity index is 1.53. The summed E-state index contributed by atoms with van der Waals surface area (Å²) < 4.78 is 40.4. The third-order valence-corrected chi connectivity index (χ3v) is 5.50. The molecule has 4 nitrogen and oxygen atoms in total. The van der Waals surface area contributed by atoms with Gasteiger partial charge in [-0.15, -0.1) is 13.2 Å². The van der Waals surface area contributed by atoms with Gasteiger partial charge in [0.2, 0.25) is 5.91 Å². The highest BCUT2D eigenvalue weighted by atomic mass is 19.4. The van der Waals surface area contributed by atoms with Crippen LogP contribution in [0, 0.1) is 11.8 Å². The van der Waals surface area contributed by atoms with Crippen molar-refractivity contribution in [2.24, 2.45) is 11.8 Å². The fourth-order valence-corrected chi connectivity index (χ4v) is 4.03. The van der Waals surface area contributed by atoms with E-state index in [-0.39, 0.29) is 29.3 Å². The molecule has 1 aliphatic heterocycles. The molecular weight excluding hydrogens is 359 g/mol. The lowest BCUT2D eigenvalue weighted by molar-refractivity contribution is -0.274. The number of benzene rings is 1. The van der Waals surface area contributed by atoms with Crippen molar-refractivity contribution in [2.75, 3.05) is 13.1 Å². The van der Waals surface area contributed by atoms with Gasteiger partial charge in [0.05, 0.1) is 0 Å². The van der Waals surface area contributed by atoms with Crippen LogP contribution in [0.4, 0.5) is 13.2 Å². The number of rotatable bonds is 4. The van der Waals surface area contributed by atoms with Crippen LogP contribution >= 0.6 is 0 Å². The van der Waals surface area contributed by atoms with Crippen LogP contribution in [-0.2, 0) is 4.79 Å². The molecule has 148 valence electrons. The molecule has 2 aliphatic rings. The van der Waals surface area contributed by atoms with Crippen LogP contribution < -0.4 is 4.74 Å². The molecular formula is C20H24F3NO3. The first kappa shape index (κ1) is 19.7. The number of piperidine rings is 1. The maximum Gasteiger partial charge on any atom is 0.573 e. The van der Waals surface area contributed by atoms with Gasteiger partial charge in [-0.3, -0.25) is 9.59 Å². The van der Waals surface area contributed by atoms with Gasteiger partial charge in [-0.25, -0.2) is 0 Å². The lowest BCUT2D eigenvalue weighted by atomic mass is 9.85. The number of halogens is 3. The zero-order valence-electron chi connectivity index (χ0n) is 15.1. The Bertz CT molecular complexity index is 658. The normalized spacial score (nSPS) is 19.7. The van der Waals surface area contributed by atoms with Gasteiger partial charge in [-0.2, -0.15) is 0 Å². The smallest absolute Gasteiger partial charge is 0.406 e. The predicted octanol–water partition coefficient (Wildman–Crippen LogP) is 4.59. The highest BCUT2D eigenvalue weighted by molar-refractivity contribution is 5.98. The number of hydrogen-bond donors (Lipinski definition) is 0. The molecule has 7 heteroatoms. The van der Waals surface area contributed by atoms with Crippen molar-refractivity contribution in [2.45, 2.75) is 51.3 Å². The summed E-state index contributed by atoms with van der Waals surface area (Å²) in [4.78, 5) is 27.1. The third-order valence-electron chi connectivity index (χ3n) is 5.50. The fourth-order valence-electron chi connectivity index (χ4n) is 4.03. The summed E-state index contributed by atoms with van der Waals surface area (Å²) in [6.45, 7) is 1.14. The molecule has 2 fully saturated rings. The molecule has 1 saturated carbocycles. The molecule has 1 aromatic rings. The molecule has 0 bridgehead atoms. The van der Waals surface area contributed by atoms with Gasteiger partial charge in [0.15, 0.2) is 5.78 Å². The van der Waals surface area contributed by atoms with Crippen molar-refractivity contribution in [1.29, 1.82) is 0 Å². The molecule has 1 aromatic carbocycles. The Morgan fingerprint density at radius 1 is 0.889 bits per heavy atom. The standard InChI is InChI=1S/C20H24F3NO3/c21-20(22,23)27-17-8-6-14(7-9-17)18(25)15-10-12-24(13-11-15)19(26)16-4-2-1-3-5-16/h6-9,15-16H,1-5,10-13H2. The molecule has 1 heterocycles. The van der Waals surface area contributed by atoms with Crippen molar-refractivity contribution in [1.82, 2.24) is 4.90 Å². The van der Waals surface area contributed by atoms with Gasteiger partial charge in [-0.05, 0) is 49.9 Å². The number of carbonyl (C=O) groups is 2. The number of Topliss-reactive ketones (excluding diaryl/α,β-unsaturated/α-hetero) is 1. The van der Waals surface area contributed by atoms with E-state index in [0.29, 0.717) is 31.5 Å². The Labute approximate surface area is 156 Å². The first-order valence-electron chi connectivity index (χ1n) is 9.52. The van der Waals surface area contributed by atoms with E-state index in [1.165, 1.54) is 18.6 Å². The summed E-state index contributed by atoms with van der Waals surface area (Å²) in [5.41, 5.74) is 0.376. The van der Waals surface area contributed by atoms with E-state index < -0.39 is 6.36 Å². The monoisotopic (exact) mass is 383 g/mol. The second kappa shape index (κ2) is 8.31. The largest absolute Gasteiger partial charge is 0.573 e. The van der Waals surface area contributed by atoms with Crippen molar-refractivity contribution >= 4 is 11.7 Å². The first-order chi connectivity index (χ1) is 12.8. The Morgan fingerprint density at radius 3 is 2.04 bits per heavy atom. The summed E-state index contributed by atoms with van der Waals surface area (Å²) in [5, 5.41) is 0. The summed E-state index contributed by atoms with van der Waals surface area (Å²) in [7, 11) is 0. The second-order valence-electron chi connectivity index (χ2n) is 7.37. The van der Waals surface area contributed by atoms with E-state index in [0.717, 1.165) is 37.8 Å². The van der Waals surface area contributed by atoms with Crippen LogP contribution in [0.1, 0.15) is 55.3 Å². The van der Waals surface area contributed by atoms with Crippen molar-refractivity contribution in [3.8, 4) is 5.75 Å². The summed E-state index contributed by atoms with van der Waals surface area (Å²) in [5.74, 6) is -0.276. The maximum absolute atomic E-state index is 12.6. The van der Waals surface area contributed by atoms with E-state index in [9.17, 15) is 22.8 Å². The van der Waals surface area contributed by atoms with Crippen molar-refractivity contribution in [3.05, 3.63) is 29.8 Å². The van der Waals surface area contributed by atoms with Crippen molar-refractivity contribution in [3.63, 3.8) is 0 Å². The number of likely N-dealkylation sites (tertiary alicyclic amines) is 1. The maximum atomic E-state index is 12.6. The lowest BCUT2D eigenvalue weighted by Crippen LogP contribution is -2.43. The number of hydrogen-bond acceptors (Lipinski definition) is 3. The number of ketones is 1. The van der Waals surface area contributed by atoms with Crippen LogP contribution in [-0.4, -0.2) is 36.0 Å². The minimum atomic E-state index is -4.75. The molecule has 0 N–H and O–H groups in total. The van der Waals surface area contributed by atoms with Crippen molar-refractivity contribution < 1.29 is 27.5 Å². The zero-order valence-corrected chi connectivity index (χ0v) is 15.1. The average molecular weight is 383 g/mol. The molecule has 3 rings (SSSR count). The summed E-state index contributed by atoms with van der Waals surface area (Å²) in [6.07, 6.45) is 1.79. The number of nitrogens with zero attached hydrogens (tertiary/aromatic N) is 1. The van der Waals surface area contributed by atoms with Crippen LogP contribution in [0.25, 0.3) is 0 Å². The fraction of sp³-hybridized carbons (Fsp3) is 0.600. The van der Waals surface area contributed by atoms with Gasteiger partial charge >= 0.3 is 6.36 Å². The Hall–Kier alpha value is -2.05. The van der Waals surface area contributed by atoms with E-state index in [2.05, 4.69) is 4.74 Å². The van der Waals surface area contributed by atoms with Crippen LogP contribution in [0.5, 0.6) is 5.75 Å². The quantitative estimate of drug-likeness (QED) is 0.715. The van der Waals surface area contributed by atoms with Gasteiger partial charge in [0, 0.05) is 30.5 Å². The minimum Gasteiger partial charge on any atom is -0.406 e. The van der Waals surface area contributed by atoms with Gasteiger partial charge < -0.3 is 9.64 Å². The molecule has 0 radical (unpaired) electrons. The number of carbonyl (C=O) groups excluding carboxylic acids is 2. The lowest BCUT2D eigenvalue weighted by Gasteiger charge is -2.34. The van der Waals surface area contributed by atoms with Crippen LogP contribution in [0.3, 0.4) is 0 Å². The Morgan fingerprint density at radius 2 is 1.48 bits per heavy atom. The van der Waals surface area contributed by atoms with E-state index >= 15 is 0 Å². The highest BCUT2D eigenvalue weighted by Crippen LogP contribution is 2.29. The summed E-state index contributed by atoms with van der Waals surface area (Å²) in [6, 6.07) is 5.04. The second-order valence-corrected chi connectivity index (χ2v) is 7.37. The van der Waals surface area contributed by atoms with Gasteiger partial charge in [0.25, 0.3) is 0 Å². The first-order valence-corrected chi connectivity index (χ1v) is 9.52. The number of ether oxygens (including phenoxy) is 1. The molecule has 1 aliphatic carbocycles. The molecule has 27 heavy (non-hydrogen) atoms. The minimum absolute atomic E-state index is 0.0849. The highest BCUT2D eigenvalue weighted by Gasteiger charge is 2.33. The third kappa shape index (κ3) is 5.23. The SMILES string of the molecule is O=C(c1ccc(OC(F)(F)F)cc1)C1CCN(C(=O)C2CCCCC2)CC1. The number of alkyl halides is 3. The van der Waals surface area contributed by atoms with Crippen LogP contribution in [0.15, 0.2) is 24.3 Å². The average Bonchev–Trinajstić information content (AvgIpc) is 2.67. The van der Waals surface area contributed by atoms with Crippen LogP contribution in [0.2, 0.25) is 0 Å². The molecule has 0 unspecified atom stereocenters. The van der Waals surface area contributed by atoms with Gasteiger partial charge in [-0.1, -0.05) is 19.3 Å². The van der Waals surface area contributed by atoms with E-state index in [1.807, 2.05) is 4.90 Å². The molecule has 0 atom stereocenters. The molecule has 0 spiro atoms. The zero-order chi connectivity index (χ0) is 19.4. The predicted molar refractivity (Wildman–Crippen MR) is 93.3 cm³/mol. The molecule has 1 amide bonds. The van der Waals surface area contributed by atoms with E-state index in [1.54, 1.807) is 0 Å². The Kier molecular flexibility index (Phi) is 6.07. The summed E-state index contributed by atoms with van der Waals surface area (Å²) >= 11 is 0. The topological polar surface area (TPSA) is 46.6 Å². The molecule has 0 aromatic heterocycles. The molecule has 1 saturated heterocycles.